The molecule has 2 atom stereocenters. The van der Waals surface area contributed by atoms with Crippen LogP contribution in [0.3, 0.4) is 0 Å². The van der Waals surface area contributed by atoms with Gasteiger partial charge in [0.05, 0.1) is 18.7 Å². The van der Waals surface area contributed by atoms with E-state index in [0.29, 0.717) is 5.91 Å². The van der Waals surface area contributed by atoms with E-state index in [9.17, 15) is 9.90 Å². The summed E-state index contributed by atoms with van der Waals surface area (Å²) < 4.78 is 0. The molecule has 1 saturated carbocycles. The molecule has 1 N–H and O–H groups in total. The van der Waals surface area contributed by atoms with Gasteiger partial charge in [-0.2, -0.15) is 0 Å². The SMILES string of the molecule is O=C(C1CCCCC1)N1CC2(C1)[C@@H](c1ccccc1)[C@@H](CO)N2Cc1nccs1. The highest BCUT2D eigenvalue weighted by atomic mass is 32.1. The Bertz CT molecular complexity index is 829. The quantitative estimate of drug-likeness (QED) is 0.821. The van der Waals surface area contributed by atoms with E-state index in [0.717, 1.165) is 37.5 Å². The van der Waals surface area contributed by atoms with Gasteiger partial charge in [0.2, 0.25) is 5.91 Å². The molecule has 3 heterocycles. The summed E-state index contributed by atoms with van der Waals surface area (Å²) in [6.07, 6.45) is 7.58. The molecule has 154 valence electrons. The van der Waals surface area contributed by atoms with Crippen LogP contribution in [0.15, 0.2) is 41.9 Å². The summed E-state index contributed by atoms with van der Waals surface area (Å²) in [6, 6.07) is 10.6. The zero-order chi connectivity index (χ0) is 19.8. The summed E-state index contributed by atoms with van der Waals surface area (Å²) in [6.45, 7) is 2.41. The van der Waals surface area contributed by atoms with Gasteiger partial charge < -0.3 is 10.0 Å². The first-order valence-electron chi connectivity index (χ1n) is 10.8. The molecule has 0 unspecified atom stereocenters. The molecule has 1 spiro atoms. The average Bonchev–Trinajstić information content (AvgIpc) is 3.24. The van der Waals surface area contributed by atoms with Crippen LogP contribution in [-0.4, -0.2) is 57.1 Å². The van der Waals surface area contributed by atoms with Gasteiger partial charge in [-0.15, -0.1) is 11.3 Å². The number of aliphatic hydroxyl groups excluding tert-OH is 1. The molecule has 0 bridgehead atoms. The maximum absolute atomic E-state index is 13.1. The molecule has 2 saturated heterocycles. The third-order valence-electron chi connectivity index (χ3n) is 7.27. The van der Waals surface area contributed by atoms with Crippen molar-refractivity contribution in [1.29, 1.82) is 0 Å². The number of hydrogen-bond acceptors (Lipinski definition) is 5. The number of amides is 1. The Morgan fingerprint density at radius 2 is 1.93 bits per heavy atom. The maximum atomic E-state index is 13.1. The van der Waals surface area contributed by atoms with Crippen molar-refractivity contribution in [3.63, 3.8) is 0 Å². The fraction of sp³-hybridized carbons (Fsp3) is 0.565. The second kappa shape index (κ2) is 7.82. The van der Waals surface area contributed by atoms with Crippen molar-refractivity contribution >= 4 is 17.2 Å². The minimum Gasteiger partial charge on any atom is -0.395 e. The molecule has 1 aromatic carbocycles. The molecule has 5 nitrogen and oxygen atoms in total. The van der Waals surface area contributed by atoms with Crippen LogP contribution in [0.25, 0.3) is 0 Å². The Morgan fingerprint density at radius 1 is 1.17 bits per heavy atom. The van der Waals surface area contributed by atoms with Crippen LogP contribution in [0.2, 0.25) is 0 Å². The van der Waals surface area contributed by atoms with E-state index in [1.165, 1.54) is 24.8 Å². The average molecular weight is 412 g/mol. The summed E-state index contributed by atoms with van der Waals surface area (Å²) >= 11 is 1.66. The highest BCUT2D eigenvalue weighted by Gasteiger charge is 2.66. The second-order valence-corrected chi connectivity index (χ2v) is 9.80. The Labute approximate surface area is 176 Å². The fourth-order valence-corrected chi connectivity index (χ4v) is 6.48. The van der Waals surface area contributed by atoms with E-state index in [2.05, 4.69) is 39.0 Å². The molecule has 29 heavy (non-hydrogen) atoms. The molecule has 2 aromatic rings. The molecule has 0 radical (unpaired) electrons. The van der Waals surface area contributed by atoms with Crippen LogP contribution in [0.5, 0.6) is 0 Å². The van der Waals surface area contributed by atoms with E-state index < -0.39 is 0 Å². The Balaban J connectivity index is 1.38. The monoisotopic (exact) mass is 411 g/mol. The van der Waals surface area contributed by atoms with Crippen molar-refractivity contribution in [2.45, 2.75) is 56.1 Å². The van der Waals surface area contributed by atoms with Gasteiger partial charge in [-0.05, 0) is 18.4 Å². The van der Waals surface area contributed by atoms with Crippen molar-refractivity contribution < 1.29 is 9.90 Å². The Hall–Kier alpha value is -1.76. The number of aliphatic hydroxyl groups is 1. The molecule has 1 aliphatic carbocycles. The molecular formula is C23H29N3O2S. The van der Waals surface area contributed by atoms with Crippen molar-refractivity contribution in [3.05, 3.63) is 52.5 Å². The third kappa shape index (κ3) is 3.22. The van der Waals surface area contributed by atoms with Crippen LogP contribution in [0.4, 0.5) is 0 Å². The predicted molar refractivity (Wildman–Crippen MR) is 114 cm³/mol. The van der Waals surface area contributed by atoms with Crippen molar-refractivity contribution in [3.8, 4) is 0 Å². The molecule has 1 aromatic heterocycles. The number of hydrogen-bond donors (Lipinski definition) is 1. The topological polar surface area (TPSA) is 56.7 Å². The van der Waals surface area contributed by atoms with Crippen molar-refractivity contribution in [2.75, 3.05) is 19.7 Å². The van der Waals surface area contributed by atoms with Gasteiger partial charge in [-0.1, -0.05) is 49.6 Å². The highest BCUT2D eigenvalue weighted by Crippen LogP contribution is 2.54. The van der Waals surface area contributed by atoms with Gasteiger partial charge in [0.25, 0.3) is 0 Å². The standard InChI is InChI=1S/C23H29N3O2S/c27-14-19-21(17-7-3-1-4-8-17)23(26(19)13-20-24-11-12-29-20)15-25(16-23)22(28)18-9-5-2-6-10-18/h1,3-4,7-8,11-12,18-19,21,27H,2,5-6,9-10,13-16H2/t19-,21+/m1/s1. The highest BCUT2D eigenvalue weighted by molar-refractivity contribution is 7.09. The fourth-order valence-electron chi connectivity index (χ4n) is 5.87. The van der Waals surface area contributed by atoms with Crippen LogP contribution in [0.1, 0.15) is 48.6 Å². The Morgan fingerprint density at radius 3 is 2.59 bits per heavy atom. The summed E-state index contributed by atoms with van der Waals surface area (Å²) in [5.74, 6) is 0.824. The summed E-state index contributed by atoms with van der Waals surface area (Å²) in [7, 11) is 0. The largest absolute Gasteiger partial charge is 0.395 e. The summed E-state index contributed by atoms with van der Waals surface area (Å²) in [5.41, 5.74) is 1.19. The molecular weight excluding hydrogens is 382 g/mol. The normalized spacial score (nSPS) is 26.9. The zero-order valence-corrected chi connectivity index (χ0v) is 17.6. The van der Waals surface area contributed by atoms with Crippen molar-refractivity contribution in [2.24, 2.45) is 5.92 Å². The Kier molecular flexibility index (Phi) is 5.18. The van der Waals surface area contributed by atoms with Gasteiger partial charge in [0.15, 0.2) is 0 Å². The van der Waals surface area contributed by atoms with E-state index in [1.54, 1.807) is 11.3 Å². The maximum Gasteiger partial charge on any atom is 0.225 e. The summed E-state index contributed by atoms with van der Waals surface area (Å²) in [5, 5.41) is 13.3. The van der Waals surface area contributed by atoms with E-state index in [1.807, 2.05) is 17.6 Å². The predicted octanol–water partition coefficient (Wildman–Crippen LogP) is 3.26. The smallest absolute Gasteiger partial charge is 0.225 e. The lowest BCUT2D eigenvalue weighted by Gasteiger charge is -2.71. The van der Waals surface area contributed by atoms with E-state index in [-0.39, 0.29) is 30.0 Å². The number of aromatic nitrogens is 1. The van der Waals surface area contributed by atoms with Crippen molar-refractivity contribution in [1.82, 2.24) is 14.8 Å². The van der Waals surface area contributed by atoms with Gasteiger partial charge in [-0.3, -0.25) is 9.69 Å². The number of carbonyl (C=O) groups is 1. The first kappa shape index (κ1) is 19.2. The summed E-state index contributed by atoms with van der Waals surface area (Å²) in [4.78, 5) is 22.0. The van der Waals surface area contributed by atoms with Gasteiger partial charge in [0.1, 0.15) is 5.01 Å². The van der Waals surface area contributed by atoms with E-state index in [4.69, 9.17) is 0 Å². The minimum atomic E-state index is -0.0786. The molecule has 5 rings (SSSR count). The van der Waals surface area contributed by atoms with Crippen LogP contribution in [-0.2, 0) is 11.3 Å². The van der Waals surface area contributed by atoms with Gasteiger partial charge in [0, 0.05) is 42.5 Å². The molecule has 3 fully saturated rings. The first-order chi connectivity index (χ1) is 14.2. The first-order valence-corrected chi connectivity index (χ1v) is 11.7. The van der Waals surface area contributed by atoms with Crippen LogP contribution in [0, 0.1) is 5.92 Å². The van der Waals surface area contributed by atoms with Gasteiger partial charge in [-0.25, -0.2) is 4.98 Å². The lowest BCUT2D eigenvalue weighted by Crippen LogP contribution is -2.84. The van der Waals surface area contributed by atoms with Crippen LogP contribution < -0.4 is 0 Å². The zero-order valence-electron chi connectivity index (χ0n) is 16.7. The number of benzene rings is 1. The molecule has 3 aliphatic rings. The number of thiazole rings is 1. The number of carbonyl (C=O) groups excluding carboxylic acids is 1. The third-order valence-corrected chi connectivity index (χ3v) is 8.03. The second-order valence-electron chi connectivity index (χ2n) is 8.82. The van der Waals surface area contributed by atoms with E-state index >= 15 is 0 Å². The molecule has 2 aliphatic heterocycles. The lowest BCUT2D eigenvalue weighted by molar-refractivity contribution is -0.202. The molecule has 1 amide bonds. The van der Waals surface area contributed by atoms with Gasteiger partial charge >= 0.3 is 0 Å². The minimum absolute atomic E-state index is 0.0771. The number of nitrogens with zero attached hydrogens (tertiary/aromatic N) is 3. The number of likely N-dealkylation sites (tertiary alicyclic amines) is 2. The van der Waals surface area contributed by atoms with Crippen LogP contribution >= 0.6 is 11.3 Å². The lowest BCUT2D eigenvalue weighted by atomic mass is 9.60. The molecule has 6 heteroatoms. The number of rotatable bonds is 5.